The fourth-order valence-electron chi connectivity index (χ4n) is 2.47. The predicted molar refractivity (Wildman–Crippen MR) is 70.6 cm³/mol. The summed E-state index contributed by atoms with van der Waals surface area (Å²) in [5, 5.41) is 3.68. The molecule has 0 aliphatic heterocycles. The number of hydrogen-bond donors (Lipinski definition) is 1. The molecule has 16 heavy (non-hydrogen) atoms. The summed E-state index contributed by atoms with van der Waals surface area (Å²) < 4.78 is 1.21. The van der Waals surface area contributed by atoms with Crippen LogP contribution in [0.25, 0.3) is 0 Å². The molecule has 0 atom stereocenters. The van der Waals surface area contributed by atoms with Crippen molar-refractivity contribution in [3.8, 4) is 0 Å². The first-order valence-electron chi connectivity index (χ1n) is 6.30. The molecule has 0 amide bonds. The molecule has 0 spiro atoms. The number of hydrogen-bond acceptors (Lipinski definition) is 1. The molecule has 0 bridgehead atoms. The van der Waals surface area contributed by atoms with Crippen molar-refractivity contribution in [3.63, 3.8) is 0 Å². The van der Waals surface area contributed by atoms with Crippen LogP contribution in [0.1, 0.15) is 37.2 Å². The van der Waals surface area contributed by atoms with E-state index in [1.165, 1.54) is 42.3 Å². The quantitative estimate of drug-likeness (QED) is 0.886. The van der Waals surface area contributed by atoms with Crippen LogP contribution in [0, 0.1) is 5.92 Å². The topological polar surface area (TPSA) is 12.0 Å². The van der Waals surface area contributed by atoms with Gasteiger partial charge in [-0.2, -0.15) is 0 Å². The molecule has 0 radical (unpaired) electrons. The minimum Gasteiger partial charge on any atom is -0.314 e. The zero-order valence-electron chi connectivity index (χ0n) is 9.45. The summed E-state index contributed by atoms with van der Waals surface area (Å²) in [6.45, 7) is 1.26. The first-order valence-corrected chi connectivity index (χ1v) is 7.09. The number of rotatable bonds is 4. The van der Waals surface area contributed by atoms with Crippen LogP contribution in [-0.2, 0) is 0 Å². The summed E-state index contributed by atoms with van der Waals surface area (Å²) in [5.74, 6) is 1.79. The summed E-state index contributed by atoms with van der Waals surface area (Å²) in [6, 6.07) is 9.55. The molecule has 2 heteroatoms. The maximum absolute atomic E-state index is 3.68. The Balaban J connectivity index is 1.48. The summed E-state index contributed by atoms with van der Waals surface area (Å²) >= 11 is 3.54. The van der Waals surface area contributed by atoms with Gasteiger partial charge in [-0.05, 0) is 61.8 Å². The molecule has 86 valence electrons. The standard InChI is InChI=1S/C14H18BrN/c15-13-3-1-2-11(6-13)12-7-14(8-12)16-9-10-4-5-10/h1-3,6,10,12,14,16H,4-5,7-9H2. The van der Waals surface area contributed by atoms with E-state index in [2.05, 4.69) is 45.5 Å². The van der Waals surface area contributed by atoms with Gasteiger partial charge in [-0.1, -0.05) is 28.1 Å². The maximum atomic E-state index is 3.68. The Kier molecular flexibility index (Phi) is 3.03. The fourth-order valence-corrected chi connectivity index (χ4v) is 2.89. The summed E-state index contributed by atoms with van der Waals surface area (Å²) in [5.41, 5.74) is 1.50. The molecular weight excluding hydrogens is 262 g/mol. The van der Waals surface area contributed by atoms with E-state index in [1.54, 1.807) is 0 Å². The van der Waals surface area contributed by atoms with Crippen molar-refractivity contribution in [2.75, 3.05) is 6.54 Å². The second-order valence-electron chi connectivity index (χ2n) is 5.27. The molecule has 0 heterocycles. The van der Waals surface area contributed by atoms with Gasteiger partial charge in [0.15, 0.2) is 0 Å². The van der Waals surface area contributed by atoms with Gasteiger partial charge in [-0.25, -0.2) is 0 Å². The lowest BCUT2D eigenvalue weighted by Crippen LogP contribution is -2.40. The van der Waals surface area contributed by atoms with Crippen LogP contribution >= 0.6 is 15.9 Å². The Morgan fingerprint density at radius 2 is 2.06 bits per heavy atom. The zero-order chi connectivity index (χ0) is 11.0. The molecule has 0 unspecified atom stereocenters. The van der Waals surface area contributed by atoms with Crippen LogP contribution in [0.2, 0.25) is 0 Å². The van der Waals surface area contributed by atoms with Gasteiger partial charge in [0, 0.05) is 10.5 Å². The largest absolute Gasteiger partial charge is 0.314 e. The van der Waals surface area contributed by atoms with Crippen molar-refractivity contribution in [2.45, 2.75) is 37.6 Å². The molecule has 1 aromatic rings. The summed E-state index contributed by atoms with van der Waals surface area (Å²) in [4.78, 5) is 0. The molecule has 2 fully saturated rings. The molecule has 3 rings (SSSR count). The third-order valence-electron chi connectivity index (χ3n) is 3.85. The van der Waals surface area contributed by atoms with Crippen molar-refractivity contribution < 1.29 is 0 Å². The monoisotopic (exact) mass is 279 g/mol. The van der Waals surface area contributed by atoms with E-state index in [0.717, 1.165) is 17.9 Å². The first-order chi connectivity index (χ1) is 7.81. The molecule has 1 aromatic carbocycles. The van der Waals surface area contributed by atoms with Gasteiger partial charge in [0.2, 0.25) is 0 Å². The van der Waals surface area contributed by atoms with E-state index >= 15 is 0 Å². The van der Waals surface area contributed by atoms with Gasteiger partial charge in [-0.3, -0.25) is 0 Å². The molecule has 0 aromatic heterocycles. The van der Waals surface area contributed by atoms with Crippen LogP contribution in [0.4, 0.5) is 0 Å². The Labute approximate surface area is 106 Å². The number of nitrogens with one attached hydrogen (secondary N) is 1. The molecule has 0 saturated heterocycles. The number of halogens is 1. The molecular formula is C14H18BrN. The van der Waals surface area contributed by atoms with E-state index in [0.29, 0.717) is 0 Å². The molecule has 2 saturated carbocycles. The zero-order valence-corrected chi connectivity index (χ0v) is 11.0. The van der Waals surface area contributed by atoms with Gasteiger partial charge in [0.1, 0.15) is 0 Å². The third kappa shape index (κ3) is 2.49. The van der Waals surface area contributed by atoms with E-state index in [9.17, 15) is 0 Å². The Hall–Kier alpha value is -0.340. The van der Waals surface area contributed by atoms with Crippen molar-refractivity contribution in [3.05, 3.63) is 34.3 Å². The second-order valence-corrected chi connectivity index (χ2v) is 6.19. The van der Waals surface area contributed by atoms with Crippen molar-refractivity contribution in [1.82, 2.24) is 5.32 Å². The lowest BCUT2D eigenvalue weighted by molar-refractivity contribution is 0.288. The normalized spacial score (nSPS) is 28.8. The van der Waals surface area contributed by atoms with Crippen LogP contribution in [0.3, 0.4) is 0 Å². The first kappa shape index (κ1) is 10.8. The van der Waals surface area contributed by atoms with Crippen LogP contribution in [0.15, 0.2) is 28.7 Å². The van der Waals surface area contributed by atoms with Gasteiger partial charge in [-0.15, -0.1) is 0 Å². The van der Waals surface area contributed by atoms with Crippen molar-refractivity contribution >= 4 is 15.9 Å². The molecule has 2 aliphatic carbocycles. The SMILES string of the molecule is Brc1cccc(C2CC(NCC3CC3)C2)c1. The fraction of sp³-hybridized carbons (Fsp3) is 0.571. The van der Waals surface area contributed by atoms with Crippen molar-refractivity contribution in [2.24, 2.45) is 5.92 Å². The van der Waals surface area contributed by atoms with E-state index in [1.807, 2.05) is 0 Å². The summed E-state index contributed by atoms with van der Waals surface area (Å²) in [6.07, 6.45) is 5.55. The van der Waals surface area contributed by atoms with Gasteiger partial charge >= 0.3 is 0 Å². The lowest BCUT2D eigenvalue weighted by Gasteiger charge is -2.36. The van der Waals surface area contributed by atoms with Crippen LogP contribution in [0.5, 0.6) is 0 Å². The van der Waals surface area contributed by atoms with Gasteiger partial charge in [0.05, 0.1) is 0 Å². The smallest absolute Gasteiger partial charge is 0.0178 e. The molecule has 2 aliphatic rings. The average molecular weight is 280 g/mol. The van der Waals surface area contributed by atoms with Gasteiger partial charge < -0.3 is 5.32 Å². The minimum atomic E-state index is 0.782. The Morgan fingerprint density at radius 3 is 2.75 bits per heavy atom. The molecule has 1 nitrogen and oxygen atoms in total. The van der Waals surface area contributed by atoms with E-state index < -0.39 is 0 Å². The highest BCUT2D eigenvalue weighted by atomic mass is 79.9. The average Bonchev–Trinajstić information content (AvgIpc) is 2.99. The Morgan fingerprint density at radius 1 is 1.25 bits per heavy atom. The van der Waals surface area contributed by atoms with Crippen LogP contribution in [-0.4, -0.2) is 12.6 Å². The highest BCUT2D eigenvalue weighted by Crippen LogP contribution is 2.38. The Bertz CT molecular complexity index is 367. The van der Waals surface area contributed by atoms with Crippen molar-refractivity contribution in [1.29, 1.82) is 0 Å². The van der Waals surface area contributed by atoms with E-state index in [4.69, 9.17) is 0 Å². The highest BCUT2D eigenvalue weighted by molar-refractivity contribution is 9.10. The molecule has 1 N–H and O–H groups in total. The predicted octanol–water partition coefficient (Wildman–Crippen LogP) is 3.69. The number of benzene rings is 1. The van der Waals surface area contributed by atoms with E-state index in [-0.39, 0.29) is 0 Å². The second kappa shape index (κ2) is 4.50. The maximum Gasteiger partial charge on any atom is 0.0178 e. The third-order valence-corrected chi connectivity index (χ3v) is 4.34. The van der Waals surface area contributed by atoms with Gasteiger partial charge in [0.25, 0.3) is 0 Å². The summed E-state index contributed by atoms with van der Waals surface area (Å²) in [7, 11) is 0. The van der Waals surface area contributed by atoms with Crippen LogP contribution < -0.4 is 5.32 Å². The minimum absolute atomic E-state index is 0.782. The lowest BCUT2D eigenvalue weighted by atomic mass is 9.76. The highest BCUT2D eigenvalue weighted by Gasteiger charge is 2.31.